The van der Waals surface area contributed by atoms with Crippen LogP contribution in [-0.2, 0) is 4.74 Å². The van der Waals surface area contributed by atoms with Gasteiger partial charge < -0.3 is 18.8 Å². The standard InChI is InChI=1S/C28H28N2O4/c1-18(2)30-25-15-6-19(3)16-24(25)29-27(30)17-26(20-7-11-22(32-4)12-8-20)34-28(31)21-9-13-23(33-5)14-10-21/h6-18H,1-5H3/b26-17+. The van der Waals surface area contributed by atoms with Gasteiger partial charge in [-0.1, -0.05) is 6.07 Å². The summed E-state index contributed by atoms with van der Waals surface area (Å²) in [6.07, 6.45) is 1.82. The number of aromatic nitrogens is 2. The Morgan fingerprint density at radius 2 is 1.47 bits per heavy atom. The van der Waals surface area contributed by atoms with Gasteiger partial charge in [-0.05, 0) is 87.0 Å². The van der Waals surface area contributed by atoms with Crippen molar-refractivity contribution in [1.82, 2.24) is 9.55 Å². The lowest BCUT2D eigenvalue weighted by Crippen LogP contribution is -2.07. The van der Waals surface area contributed by atoms with Crippen LogP contribution in [0.5, 0.6) is 11.5 Å². The molecule has 0 radical (unpaired) electrons. The molecule has 0 saturated heterocycles. The van der Waals surface area contributed by atoms with E-state index in [1.165, 1.54) is 0 Å². The van der Waals surface area contributed by atoms with Crippen molar-refractivity contribution in [2.24, 2.45) is 0 Å². The van der Waals surface area contributed by atoms with E-state index in [0.29, 0.717) is 22.9 Å². The minimum atomic E-state index is -0.465. The van der Waals surface area contributed by atoms with Crippen molar-refractivity contribution < 1.29 is 19.0 Å². The third-order valence-corrected chi connectivity index (χ3v) is 5.55. The molecule has 34 heavy (non-hydrogen) atoms. The molecule has 0 spiro atoms. The molecule has 4 aromatic rings. The van der Waals surface area contributed by atoms with Gasteiger partial charge in [0.1, 0.15) is 23.1 Å². The van der Waals surface area contributed by atoms with Crippen LogP contribution in [0.25, 0.3) is 22.9 Å². The lowest BCUT2D eigenvalue weighted by atomic mass is 10.1. The van der Waals surface area contributed by atoms with Crippen molar-refractivity contribution in [1.29, 1.82) is 0 Å². The molecule has 0 bridgehead atoms. The first-order valence-electron chi connectivity index (χ1n) is 11.1. The lowest BCUT2D eigenvalue weighted by Gasteiger charge is -2.14. The lowest BCUT2D eigenvalue weighted by molar-refractivity contribution is 0.0693. The van der Waals surface area contributed by atoms with Crippen LogP contribution in [0.15, 0.2) is 66.7 Å². The van der Waals surface area contributed by atoms with Crippen LogP contribution in [0.1, 0.15) is 47.2 Å². The van der Waals surface area contributed by atoms with Gasteiger partial charge in [0.2, 0.25) is 0 Å². The minimum absolute atomic E-state index is 0.161. The summed E-state index contributed by atoms with van der Waals surface area (Å²) in [6, 6.07) is 20.6. The van der Waals surface area contributed by atoms with Crippen LogP contribution in [0.3, 0.4) is 0 Å². The predicted molar refractivity (Wildman–Crippen MR) is 134 cm³/mol. The summed E-state index contributed by atoms with van der Waals surface area (Å²) >= 11 is 0. The van der Waals surface area contributed by atoms with E-state index in [0.717, 1.165) is 27.9 Å². The number of imidazole rings is 1. The SMILES string of the molecule is COc1ccc(C(=O)O/C(=C/c2nc3cc(C)ccc3n2C(C)C)c2ccc(OC)cc2)cc1. The number of carbonyl (C=O) groups excluding carboxylic acids is 1. The number of aryl methyl sites for hydroxylation is 1. The second-order valence-corrected chi connectivity index (χ2v) is 8.28. The van der Waals surface area contributed by atoms with E-state index >= 15 is 0 Å². The fourth-order valence-corrected chi connectivity index (χ4v) is 3.80. The molecule has 6 heteroatoms. The maximum atomic E-state index is 13.0. The summed E-state index contributed by atoms with van der Waals surface area (Å²) < 4.78 is 18.5. The van der Waals surface area contributed by atoms with Crippen LogP contribution in [0.4, 0.5) is 0 Å². The zero-order chi connectivity index (χ0) is 24.2. The molecule has 0 fully saturated rings. The second-order valence-electron chi connectivity index (χ2n) is 8.28. The Labute approximate surface area is 199 Å². The van der Waals surface area contributed by atoms with Gasteiger partial charge in [0.15, 0.2) is 0 Å². The number of benzene rings is 3. The molecule has 3 aromatic carbocycles. The van der Waals surface area contributed by atoms with Crippen molar-refractivity contribution >= 4 is 28.8 Å². The van der Waals surface area contributed by atoms with E-state index in [-0.39, 0.29) is 6.04 Å². The Balaban J connectivity index is 1.80. The molecule has 0 N–H and O–H groups in total. The largest absolute Gasteiger partial charge is 0.497 e. The van der Waals surface area contributed by atoms with Crippen LogP contribution < -0.4 is 9.47 Å². The first kappa shape index (κ1) is 23.1. The van der Waals surface area contributed by atoms with Crippen molar-refractivity contribution in [3.63, 3.8) is 0 Å². The Morgan fingerprint density at radius 1 is 0.882 bits per heavy atom. The molecule has 174 valence electrons. The third kappa shape index (κ3) is 4.81. The molecule has 4 rings (SSSR count). The average molecular weight is 457 g/mol. The molecule has 0 aliphatic heterocycles. The highest BCUT2D eigenvalue weighted by Gasteiger charge is 2.17. The van der Waals surface area contributed by atoms with Crippen molar-refractivity contribution in [3.05, 3.63) is 89.2 Å². The first-order chi connectivity index (χ1) is 16.4. The highest BCUT2D eigenvalue weighted by Crippen LogP contribution is 2.28. The molecule has 0 unspecified atom stereocenters. The number of rotatable bonds is 7. The molecule has 6 nitrogen and oxygen atoms in total. The number of methoxy groups -OCH3 is 2. The van der Waals surface area contributed by atoms with Crippen molar-refractivity contribution in [2.75, 3.05) is 14.2 Å². The molecule has 0 saturated carbocycles. The van der Waals surface area contributed by atoms with Crippen LogP contribution in [0.2, 0.25) is 0 Å². The predicted octanol–water partition coefficient (Wildman–Crippen LogP) is 6.30. The van der Waals surface area contributed by atoms with Gasteiger partial charge in [-0.2, -0.15) is 0 Å². The quantitative estimate of drug-likeness (QED) is 0.241. The molecule has 0 atom stereocenters. The third-order valence-electron chi connectivity index (χ3n) is 5.55. The van der Waals surface area contributed by atoms with Gasteiger partial charge in [-0.3, -0.25) is 0 Å². The molecule has 0 amide bonds. The normalized spacial score (nSPS) is 11.6. The minimum Gasteiger partial charge on any atom is -0.497 e. The maximum Gasteiger partial charge on any atom is 0.343 e. The van der Waals surface area contributed by atoms with Crippen LogP contribution >= 0.6 is 0 Å². The Hall–Kier alpha value is -4.06. The van der Waals surface area contributed by atoms with Gasteiger partial charge >= 0.3 is 5.97 Å². The summed E-state index contributed by atoms with van der Waals surface area (Å²) in [7, 11) is 3.20. The summed E-state index contributed by atoms with van der Waals surface area (Å²) in [6.45, 7) is 6.26. The van der Waals surface area contributed by atoms with E-state index in [4.69, 9.17) is 19.2 Å². The number of fused-ring (bicyclic) bond motifs is 1. The molecule has 1 aromatic heterocycles. The van der Waals surface area contributed by atoms with Crippen molar-refractivity contribution in [2.45, 2.75) is 26.8 Å². The maximum absolute atomic E-state index is 13.0. The summed E-state index contributed by atoms with van der Waals surface area (Å²) in [5.41, 5.74) is 4.23. The fourth-order valence-electron chi connectivity index (χ4n) is 3.80. The highest BCUT2D eigenvalue weighted by atomic mass is 16.5. The fraction of sp³-hybridized carbons (Fsp3) is 0.214. The van der Waals surface area contributed by atoms with E-state index in [9.17, 15) is 4.79 Å². The monoisotopic (exact) mass is 456 g/mol. The van der Waals surface area contributed by atoms with Crippen LogP contribution in [0, 0.1) is 6.92 Å². The first-order valence-corrected chi connectivity index (χ1v) is 11.1. The number of ether oxygens (including phenoxy) is 3. The van der Waals surface area contributed by atoms with E-state index < -0.39 is 5.97 Å². The second kappa shape index (κ2) is 9.83. The van der Waals surface area contributed by atoms with E-state index in [1.807, 2.05) is 37.3 Å². The number of hydrogen-bond donors (Lipinski definition) is 0. The highest BCUT2D eigenvalue weighted by molar-refractivity contribution is 5.95. The molecule has 1 heterocycles. The zero-order valence-corrected chi connectivity index (χ0v) is 20.0. The van der Waals surface area contributed by atoms with Crippen molar-refractivity contribution in [3.8, 4) is 11.5 Å². The zero-order valence-electron chi connectivity index (χ0n) is 20.0. The summed E-state index contributed by atoms with van der Waals surface area (Å²) in [5, 5.41) is 0. The van der Waals surface area contributed by atoms with Gasteiger partial charge in [0, 0.05) is 17.7 Å². The van der Waals surface area contributed by atoms with E-state index in [1.54, 1.807) is 38.5 Å². The van der Waals surface area contributed by atoms with Gasteiger partial charge in [-0.15, -0.1) is 0 Å². The molecule has 0 aliphatic rings. The number of nitrogens with zero attached hydrogens (tertiary/aromatic N) is 2. The topological polar surface area (TPSA) is 62.6 Å². The van der Waals surface area contributed by atoms with Gasteiger partial charge in [0.25, 0.3) is 0 Å². The average Bonchev–Trinajstić information content (AvgIpc) is 3.20. The Bertz CT molecular complexity index is 1330. The number of carbonyl (C=O) groups is 1. The van der Waals surface area contributed by atoms with Gasteiger partial charge in [0.05, 0.1) is 30.8 Å². The molecular formula is C28H28N2O4. The van der Waals surface area contributed by atoms with Gasteiger partial charge in [-0.25, -0.2) is 9.78 Å². The Kier molecular flexibility index (Phi) is 6.68. The number of hydrogen-bond acceptors (Lipinski definition) is 5. The smallest absolute Gasteiger partial charge is 0.343 e. The summed E-state index contributed by atoms with van der Waals surface area (Å²) in [5.74, 6) is 2.03. The summed E-state index contributed by atoms with van der Waals surface area (Å²) in [4.78, 5) is 17.9. The Morgan fingerprint density at radius 3 is 2.03 bits per heavy atom. The number of esters is 1. The van der Waals surface area contributed by atoms with E-state index in [2.05, 4.69) is 36.6 Å². The molecule has 0 aliphatic carbocycles. The molecular weight excluding hydrogens is 428 g/mol. The van der Waals surface area contributed by atoms with Crippen LogP contribution in [-0.4, -0.2) is 29.7 Å².